The number of hydrogen-bond acceptors (Lipinski definition) is 5. The minimum Gasteiger partial charge on any atom is -0.342 e. The largest absolute Gasteiger partial charge is 0.342 e. The van der Waals surface area contributed by atoms with Crippen molar-refractivity contribution in [2.24, 2.45) is 5.92 Å². The average molecular weight is 372 g/mol. The minimum atomic E-state index is -0.199. The van der Waals surface area contributed by atoms with Crippen molar-refractivity contribution >= 4 is 28.3 Å². The molecular weight excluding hydrogens is 348 g/mol. The molecule has 138 valence electrons. The highest BCUT2D eigenvalue weighted by molar-refractivity contribution is 7.15. The second-order valence-corrected chi connectivity index (χ2v) is 7.94. The summed E-state index contributed by atoms with van der Waals surface area (Å²) in [6.07, 6.45) is 2.01. The van der Waals surface area contributed by atoms with E-state index in [1.807, 2.05) is 44.2 Å². The van der Waals surface area contributed by atoms with Crippen molar-refractivity contribution in [3.63, 3.8) is 0 Å². The highest BCUT2D eigenvalue weighted by atomic mass is 32.1. The maximum atomic E-state index is 12.6. The van der Waals surface area contributed by atoms with Crippen molar-refractivity contribution in [2.45, 2.75) is 39.0 Å². The van der Waals surface area contributed by atoms with Gasteiger partial charge in [-0.25, -0.2) is 0 Å². The molecule has 0 radical (unpaired) electrons. The molecule has 2 aromatic rings. The topological polar surface area (TPSA) is 75.2 Å². The Labute approximate surface area is 157 Å². The second kappa shape index (κ2) is 8.40. The molecule has 1 N–H and O–H groups in total. The van der Waals surface area contributed by atoms with Crippen molar-refractivity contribution in [3.05, 3.63) is 40.9 Å². The van der Waals surface area contributed by atoms with E-state index in [0.717, 1.165) is 23.4 Å². The molecule has 6 nitrogen and oxygen atoms in total. The molecule has 1 aromatic carbocycles. The lowest BCUT2D eigenvalue weighted by Crippen LogP contribution is -2.44. The molecule has 1 saturated heterocycles. The van der Waals surface area contributed by atoms with Gasteiger partial charge >= 0.3 is 0 Å². The van der Waals surface area contributed by atoms with Gasteiger partial charge in [0.05, 0.1) is 12.3 Å². The number of amides is 2. The Balaban J connectivity index is 1.56. The molecule has 0 bridgehead atoms. The second-order valence-electron chi connectivity index (χ2n) is 6.93. The quantitative estimate of drug-likeness (QED) is 0.875. The van der Waals surface area contributed by atoms with Crippen molar-refractivity contribution in [3.8, 4) is 0 Å². The first-order valence-electron chi connectivity index (χ1n) is 8.99. The van der Waals surface area contributed by atoms with E-state index in [1.54, 1.807) is 4.90 Å². The van der Waals surface area contributed by atoms with E-state index in [9.17, 15) is 9.59 Å². The summed E-state index contributed by atoms with van der Waals surface area (Å²) in [4.78, 5) is 26.9. The van der Waals surface area contributed by atoms with Crippen molar-refractivity contribution in [1.29, 1.82) is 0 Å². The molecule has 1 aliphatic heterocycles. The number of hydrogen-bond donors (Lipinski definition) is 1. The van der Waals surface area contributed by atoms with Crippen molar-refractivity contribution < 1.29 is 9.59 Å². The number of anilines is 1. The number of carbonyl (C=O) groups is 2. The zero-order chi connectivity index (χ0) is 18.5. The Morgan fingerprint density at radius 2 is 2.04 bits per heavy atom. The summed E-state index contributed by atoms with van der Waals surface area (Å²) < 4.78 is 0. The fourth-order valence-electron chi connectivity index (χ4n) is 3.03. The molecule has 1 unspecified atom stereocenters. The summed E-state index contributed by atoms with van der Waals surface area (Å²) in [6, 6.07) is 9.71. The number of aromatic nitrogens is 2. The molecule has 0 aliphatic carbocycles. The lowest BCUT2D eigenvalue weighted by Gasteiger charge is -2.32. The fourth-order valence-corrected chi connectivity index (χ4v) is 3.77. The van der Waals surface area contributed by atoms with Gasteiger partial charge in [0.25, 0.3) is 0 Å². The molecule has 26 heavy (non-hydrogen) atoms. The van der Waals surface area contributed by atoms with E-state index in [2.05, 4.69) is 15.5 Å². The van der Waals surface area contributed by atoms with Crippen LogP contribution in [0.4, 0.5) is 5.13 Å². The summed E-state index contributed by atoms with van der Waals surface area (Å²) in [5.41, 5.74) is 0.999. The van der Waals surface area contributed by atoms with Crippen LogP contribution in [0.5, 0.6) is 0 Å². The van der Waals surface area contributed by atoms with Gasteiger partial charge in [0.2, 0.25) is 16.9 Å². The number of nitrogens with zero attached hydrogens (tertiary/aromatic N) is 3. The molecular formula is C19H24N4O2S. The molecule has 0 spiro atoms. The predicted molar refractivity (Wildman–Crippen MR) is 102 cm³/mol. The average Bonchev–Trinajstić information content (AvgIpc) is 3.11. The van der Waals surface area contributed by atoms with Gasteiger partial charge in [0.15, 0.2) is 0 Å². The Kier molecular flexibility index (Phi) is 5.98. The smallest absolute Gasteiger partial charge is 0.231 e. The number of rotatable bonds is 5. The van der Waals surface area contributed by atoms with Crippen LogP contribution in [-0.4, -0.2) is 40.0 Å². The van der Waals surface area contributed by atoms with E-state index >= 15 is 0 Å². The molecule has 0 saturated carbocycles. The highest BCUT2D eigenvalue weighted by Crippen LogP contribution is 2.24. The van der Waals surface area contributed by atoms with Crippen LogP contribution in [0.2, 0.25) is 0 Å². The van der Waals surface area contributed by atoms with Crippen molar-refractivity contribution in [1.82, 2.24) is 15.1 Å². The molecule has 7 heteroatoms. The number of piperidine rings is 1. The summed E-state index contributed by atoms with van der Waals surface area (Å²) in [7, 11) is 0. The Bertz CT molecular complexity index is 760. The van der Waals surface area contributed by atoms with Crippen LogP contribution in [0.15, 0.2) is 30.3 Å². The highest BCUT2D eigenvalue weighted by Gasteiger charge is 2.29. The zero-order valence-electron chi connectivity index (χ0n) is 15.1. The van der Waals surface area contributed by atoms with Gasteiger partial charge in [-0.1, -0.05) is 55.5 Å². The van der Waals surface area contributed by atoms with Crippen LogP contribution in [-0.2, 0) is 16.0 Å². The van der Waals surface area contributed by atoms with Crippen LogP contribution in [0, 0.1) is 5.92 Å². The Morgan fingerprint density at radius 1 is 1.27 bits per heavy atom. The van der Waals surface area contributed by atoms with Crippen LogP contribution in [0.25, 0.3) is 0 Å². The number of carbonyl (C=O) groups excluding carboxylic acids is 2. The lowest BCUT2D eigenvalue weighted by atomic mass is 9.96. The van der Waals surface area contributed by atoms with Gasteiger partial charge in [-0.2, -0.15) is 0 Å². The first kappa shape index (κ1) is 18.5. The number of nitrogens with one attached hydrogen (secondary N) is 1. The molecule has 3 rings (SSSR count). The van der Waals surface area contributed by atoms with E-state index in [0.29, 0.717) is 30.6 Å². The SMILES string of the molecule is CC(C)c1nnc(NC(=O)C2CCCN(C(=O)Cc3ccccc3)C2)s1. The van der Waals surface area contributed by atoms with Gasteiger partial charge in [-0.3, -0.25) is 9.59 Å². The normalized spacial score (nSPS) is 17.3. The van der Waals surface area contributed by atoms with Gasteiger partial charge in [-0.15, -0.1) is 10.2 Å². The predicted octanol–water partition coefficient (Wildman–Crippen LogP) is 3.08. The summed E-state index contributed by atoms with van der Waals surface area (Å²) in [6.45, 7) is 5.27. The van der Waals surface area contributed by atoms with Gasteiger partial charge < -0.3 is 10.2 Å². The minimum absolute atomic E-state index is 0.0753. The molecule has 2 amide bonds. The maximum Gasteiger partial charge on any atom is 0.231 e. The number of likely N-dealkylation sites (tertiary alicyclic amines) is 1. The Morgan fingerprint density at radius 3 is 2.73 bits per heavy atom. The van der Waals surface area contributed by atoms with E-state index in [4.69, 9.17) is 0 Å². The van der Waals surface area contributed by atoms with Gasteiger partial charge in [0.1, 0.15) is 5.01 Å². The fraction of sp³-hybridized carbons (Fsp3) is 0.474. The van der Waals surface area contributed by atoms with E-state index in [1.165, 1.54) is 11.3 Å². The summed E-state index contributed by atoms with van der Waals surface area (Å²) >= 11 is 1.41. The van der Waals surface area contributed by atoms with Crippen molar-refractivity contribution in [2.75, 3.05) is 18.4 Å². The third kappa shape index (κ3) is 4.66. The van der Waals surface area contributed by atoms with Gasteiger partial charge in [0, 0.05) is 19.0 Å². The van der Waals surface area contributed by atoms with Gasteiger partial charge in [-0.05, 0) is 18.4 Å². The first-order chi connectivity index (χ1) is 12.5. The lowest BCUT2D eigenvalue weighted by molar-refractivity contribution is -0.133. The molecule has 1 fully saturated rings. The third-order valence-electron chi connectivity index (χ3n) is 4.51. The standard InChI is InChI=1S/C19H24N4O2S/c1-13(2)18-21-22-19(26-18)20-17(25)15-9-6-10-23(12-15)16(24)11-14-7-4-3-5-8-14/h3-5,7-8,13,15H,6,9-12H2,1-2H3,(H,20,22,25). The monoisotopic (exact) mass is 372 g/mol. The van der Waals surface area contributed by atoms with Crippen LogP contribution in [0.3, 0.4) is 0 Å². The molecule has 2 heterocycles. The third-order valence-corrected chi connectivity index (χ3v) is 5.65. The summed E-state index contributed by atoms with van der Waals surface area (Å²) in [5, 5.41) is 12.4. The van der Waals surface area contributed by atoms with E-state index in [-0.39, 0.29) is 17.7 Å². The molecule has 1 atom stereocenters. The molecule has 1 aromatic heterocycles. The maximum absolute atomic E-state index is 12.6. The van der Waals surface area contributed by atoms with E-state index < -0.39 is 0 Å². The van der Waals surface area contributed by atoms with Crippen LogP contribution >= 0.6 is 11.3 Å². The van der Waals surface area contributed by atoms with Crippen LogP contribution < -0.4 is 5.32 Å². The number of benzene rings is 1. The zero-order valence-corrected chi connectivity index (χ0v) is 16.0. The first-order valence-corrected chi connectivity index (χ1v) is 9.80. The Hall–Kier alpha value is -2.28. The van der Waals surface area contributed by atoms with Crippen LogP contribution in [0.1, 0.15) is 43.2 Å². The molecule has 1 aliphatic rings. The summed E-state index contributed by atoms with van der Waals surface area (Å²) in [5.74, 6) is 0.0918.